The van der Waals surface area contributed by atoms with Crippen LogP contribution in [0.5, 0.6) is 5.75 Å². The topological polar surface area (TPSA) is 80.7 Å². The molecule has 6 heteroatoms. The van der Waals surface area contributed by atoms with Gasteiger partial charge < -0.3 is 9.29 Å². The third kappa shape index (κ3) is 4.23. The molecule has 1 N–H and O–H groups in total. The van der Waals surface area contributed by atoms with E-state index in [0.29, 0.717) is 0 Å². The summed E-state index contributed by atoms with van der Waals surface area (Å²) in [5.41, 5.74) is 1.51. The van der Waals surface area contributed by atoms with Crippen LogP contribution in [0.15, 0.2) is 18.2 Å². The predicted molar refractivity (Wildman–Crippen MR) is 76.7 cm³/mol. The molecule has 0 saturated carbocycles. The maximum Gasteiger partial charge on any atom is 0.322 e. The Labute approximate surface area is 119 Å². The summed E-state index contributed by atoms with van der Waals surface area (Å²) in [6.45, 7) is 7.71. The summed E-state index contributed by atoms with van der Waals surface area (Å²) in [7, 11) is -4.15. The summed E-state index contributed by atoms with van der Waals surface area (Å²) < 4.78 is 28.6. The van der Waals surface area contributed by atoms with E-state index in [-0.39, 0.29) is 17.6 Å². The van der Waals surface area contributed by atoms with Gasteiger partial charge in [0.15, 0.2) is 5.75 Å². The molecule has 0 atom stereocenters. The van der Waals surface area contributed by atoms with Crippen LogP contribution in [0, 0.1) is 0 Å². The lowest BCUT2D eigenvalue weighted by Gasteiger charge is -2.19. The third-order valence-electron chi connectivity index (χ3n) is 2.83. The fourth-order valence-corrected chi connectivity index (χ4v) is 2.69. The number of hydrogen-bond donors (Lipinski definition) is 1. The molecular formula is C14H20O5S. The number of rotatable bonds is 6. The molecule has 0 aliphatic rings. The zero-order valence-corrected chi connectivity index (χ0v) is 12.9. The molecule has 0 heterocycles. The summed E-state index contributed by atoms with van der Waals surface area (Å²) in [5.74, 6) is -2.07. The fourth-order valence-electron chi connectivity index (χ4n) is 1.89. The van der Waals surface area contributed by atoms with E-state index in [1.54, 1.807) is 12.1 Å². The molecule has 5 nitrogen and oxygen atoms in total. The highest BCUT2D eigenvalue weighted by Gasteiger charge is 2.23. The normalized spacial score (nSPS) is 11.9. The van der Waals surface area contributed by atoms with Gasteiger partial charge in [-0.3, -0.25) is 4.79 Å². The Balaban J connectivity index is 3.31. The van der Waals surface area contributed by atoms with Gasteiger partial charge in [-0.25, -0.2) is 0 Å². The lowest BCUT2D eigenvalue weighted by Crippen LogP contribution is -2.21. The summed E-state index contributed by atoms with van der Waals surface area (Å²) in [5, 5.41) is 8.62. The maximum absolute atomic E-state index is 11.8. The molecule has 20 heavy (non-hydrogen) atoms. The van der Waals surface area contributed by atoms with E-state index in [0.717, 1.165) is 11.1 Å². The van der Waals surface area contributed by atoms with E-state index in [1.807, 2.05) is 33.8 Å². The number of benzene rings is 1. The molecule has 0 aliphatic carbocycles. The van der Waals surface area contributed by atoms with Crippen molar-refractivity contribution in [3.05, 3.63) is 29.3 Å². The molecule has 0 fully saturated rings. The first-order chi connectivity index (χ1) is 9.14. The highest BCUT2D eigenvalue weighted by atomic mass is 32.2. The second-order valence-corrected chi connectivity index (χ2v) is 6.82. The van der Waals surface area contributed by atoms with Crippen molar-refractivity contribution in [1.29, 1.82) is 0 Å². The van der Waals surface area contributed by atoms with Gasteiger partial charge in [0.1, 0.15) is 5.75 Å². The quantitative estimate of drug-likeness (QED) is 0.817. The van der Waals surface area contributed by atoms with Gasteiger partial charge in [0.05, 0.1) is 0 Å². The van der Waals surface area contributed by atoms with E-state index < -0.39 is 21.8 Å². The van der Waals surface area contributed by atoms with Crippen LogP contribution in [0.4, 0.5) is 0 Å². The number of carboxylic acid groups (broad SMARTS) is 1. The Bertz CT molecular complexity index is 561. The monoisotopic (exact) mass is 300 g/mol. The second-order valence-electron chi connectivity index (χ2n) is 5.25. The van der Waals surface area contributed by atoms with Crippen molar-refractivity contribution < 1.29 is 22.5 Å². The van der Waals surface area contributed by atoms with Crippen LogP contribution in [0.25, 0.3) is 0 Å². The molecule has 1 aromatic carbocycles. The standard InChI is InChI=1S/C14H20O5S/c1-9(2)11-6-5-7-12(10(3)4)14(11)19-20(17,18)8-13(15)16/h5-7,9-10H,8H2,1-4H3,(H,15,16). The number of hydrogen-bond acceptors (Lipinski definition) is 4. The minimum absolute atomic E-state index is 0.0729. The number of carbonyl (C=O) groups is 1. The molecule has 112 valence electrons. The van der Waals surface area contributed by atoms with Crippen LogP contribution in [0.1, 0.15) is 50.7 Å². The first-order valence-corrected chi connectivity index (χ1v) is 7.98. The van der Waals surface area contributed by atoms with E-state index >= 15 is 0 Å². The minimum Gasteiger partial charge on any atom is -0.480 e. The van der Waals surface area contributed by atoms with Crippen LogP contribution < -0.4 is 4.18 Å². The van der Waals surface area contributed by atoms with Gasteiger partial charge in [-0.1, -0.05) is 45.9 Å². The van der Waals surface area contributed by atoms with Crippen molar-refractivity contribution in [2.75, 3.05) is 5.75 Å². The summed E-state index contributed by atoms with van der Waals surface area (Å²) in [6, 6.07) is 5.44. The van der Waals surface area contributed by atoms with Crippen LogP contribution in [-0.4, -0.2) is 25.2 Å². The Hall–Kier alpha value is -1.56. The first-order valence-electron chi connectivity index (χ1n) is 6.40. The average Bonchev–Trinajstić information content (AvgIpc) is 2.25. The molecule has 0 radical (unpaired) electrons. The molecular weight excluding hydrogens is 280 g/mol. The molecule has 0 amide bonds. The van der Waals surface area contributed by atoms with E-state index in [4.69, 9.17) is 9.29 Å². The summed E-state index contributed by atoms with van der Waals surface area (Å²) in [4.78, 5) is 10.6. The predicted octanol–water partition coefficient (Wildman–Crippen LogP) is 2.73. The van der Waals surface area contributed by atoms with Gasteiger partial charge in [0, 0.05) is 0 Å². The molecule has 0 spiro atoms. The van der Waals surface area contributed by atoms with Crippen molar-refractivity contribution in [2.45, 2.75) is 39.5 Å². The fraction of sp³-hybridized carbons (Fsp3) is 0.500. The number of aliphatic carboxylic acids is 1. The average molecular weight is 300 g/mol. The van der Waals surface area contributed by atoms with Crippen LogP contribution in [0.3, 0.4) is 0 Å². The first kappa shape index (κ1) is 16.5. The van der Waals surface area contributed by atoms with Gasteiger partial charge in [-0.2, -0.15) is 8.42 Å². The Morgan fingerprint density at radius 3 is 1.95 bits per heavy atom. The smallest absolute Gasteiger partial charge is 0.322 e. The molecule has 0 bridgehead atoms. The molecule has 0 aromatic heterocycles. The van der Waals surface area contributed by atoms with Crippen molar-refractivity contribution in [1.82, 2.24) is 0 Å². The van der Waals surface area contributed by atoms with Crippen LogP contribution >= 0.6 is 0 Å². The van der Waals surface area contributed by atoms with Crippen molar-refractivity contribution >= 4 is 16.1 Å². The van der Waals surface area contributed by atoms with Gasteiger partial charge >= 0.3 is 16.1 Å². The van der Waals surface area contributed by atoms with Gasteiger partial charge in [0.25, 0.3) is 0 Å². The van der Waals surface area contributed by atoms with Gasteiger partial charge in [-0.15, -0.1) is 0 Å². The Morgan fingerprint density at radius 2 is 1.60 bits per heavy atom. The van der Waals surface area contributed by atoms with Crippen LogP contribution in [-0.2, 0) is 14.9 Å². The van der Waals surface area contributed by atoms with E-state index in [1.165, 1.54) is 0 Å². The summed E-state index contributed by atoms with van der Waals surface area (Å²) >= 11 is 0. The van der Waals surface area contributed by atoms with Crippen molar-refractivity contribution in [3.8, 4) is 5.75 Å². The second kappa shape index (κ2) is 6.26. The molecule has 1 rings (SSSR count). The van der Waals surface area contributed by atoms with Gasteiger partial charge in [0.2, 0.25) is 0 Å². The third-order valence-corrected chi connectivity index (χ3v) is 3.85. The lowest BCUT2D eigenvalue weighted by atomic mass is 9.94. The highest BCUT2D eigenvalue weighted by Crippen LogP contribution is 2.35. The van der Waals surface area contributed by atoms with Crippen molar-refractivity contribution in [2.24, 2.45) is 0 Å². The zero-order chi connectivity index (χ0) is 15.5. The molecule has 0 saturated heterocycles. The summed E-state index contributed by atoms with van der Waals surface area (Å²) in [6.07, 6.45) is 0. The Morgan fingerprint density at radius 1 is 1.15 bits per heavy atom. The molecule has 0 unspecified atom stereocenters. The maximum atomic E-state index is 11.8. The van der Waals surface area contributed by atoms with E-state index in [9.17, 15) is 13.2 Å². The Kier molecular flexibility index (Phi) is 5.16. The van der Waals surface area contributed by atoms with E-state index in [2.05, 4.69) is 0 Å². The SMILES string of the molecule is CC(C)c1cccc(C(C)C)c1OS(=O)(=O)CC(=O)O. The lowest BCUT2D eigenvalue weighted by molar-refractivity contribution is -0.134. The minimum atomic E-state index is -4.15. The van der Waals surface area contributed by atoms with Gasteiger partial charge in [-0.05, 0) is 23.0 Å². The molecule has 1 aromatic rings. The molecule has 0 aliphatic heterocycles. The largest absolute Gasteiger partial charge is 0.480 e. The zero-order valence-electron chi connectivity index (χ0n) is 12.1. The number of para-hydroxylation sites is 1. The highest BCUT2D eigenvalue weighted by molar-refractivity contribution is 7.87. The van der Waals surface area contributed by atoms with Crippen LogP contribution in [0.2, 0.25) is 0 Å². The van der Waals surface area contributed by atoms with Crippen molar-refractivity contribution in [3.63, 3.8) is 0 Å². The number of carboxylic acids is 1.